The molecule has 32 heavy (non-hydrogen) atoms. The van der Waals surface area contributed by atoms with E-state index >= 15 is 0 Å². The monoisotopic (exact) mass is 488 g/mol. The van der Waals surface area contributed by atoms with Crippen LogP contribution in [0.2, 0.25) is 10.0 Å². The molecule has 0 amide bonds. The van der Waals surface area contributed by atoms with Crippen LogP contribution >= 0.6 is 23.2 Å². The number of hydrogen-bond acceptors (Lipinski definition) is 5. The first-order valence-corrected chi connectivity index (χ1v) is 10.2. The minimum atomic E-state index is -4.70. The Hall–Kier alpha value is -2.85. The Morgan fingerprint density at radius 3 is 2.44 bits per heavy atom. The third kappa shape index (κ3) is 4.81. The van der Waals surface area contributed by atoms with Gasteiger partial charge in [-0.25, -0.2) is 14.5 Å². The summed E-state index contributed by atoms with van der Waals surface area (Å²) in [5.41, 5.74) is 0.0667. The Bertz CT molecular complexity index is 1220. The van der Waals surface area contributed by atoms with Gasteiger partial charge in [-0.15, -0.1) is 5.10 Å². The molecule has 0 saturated heterocycles. The van der Waals surface area contributed by atoms with Crippen LogP contribution in [0, 0.1) is 0 Å². The number of esters is 1. The van der Waals surface area contributed by atoms with Gasteiger partial charge in [0.2, 0.25) is 0 Å². The number of rotatable bonds is 6. The molecule has 2 heterocycles. The van der Waals surface area contributed by atoms with Gasteiger partial charge >= 0.3 is 12.1 Å². The normalized spacial score (nSPS) is 11.6. The van der Waals surface area contributed by atoms with Gasteiger partial charge in [-0.2, -0.15) is 13.2 Å². The van der Waals surface area contributed by atoms with Crippen LogP contribution in [0.1, 0.15) is 35.7 Å². The zero-order chi connectivity index (χ0) is 23.6. The van der Waals surface area contributed by atoms with Gasteiger partial charge in [0.05, 0.1) is 28.9 Å². The van der Waals surface area contributed by atoms with E-state index in [-0.39, 0.29) is 41.0 Å². The van der Waals surface area contributed by atoms with Crippen molar-refractivity contribution in [1.29, 1.82) is 0 Å². The molecule has 0 aliphatic heterocycles. The minimum Gasteiger partial charge on any atom is -0.462 e. The predicted molar refractivity (Wildman–Crippen MR) is 112 cm³/mol. The molecule has 0 unspecified atom stereocenters. The number of nitrogens with zero attached hydrogens (tertiary/aromatic N) is 4. The molecule has 0 aliphatic rings. The molecule has 0 aliphatic carbocycles. The van der Waals surface area contributed by atoms with E-state index in [1.54, 1.807) is 24.5 Å². The topological polar surface area (TPSA) is 79.0 Å². The fourth-order valence-corrected chi connectivity index (χ4v) is 3.50. The highest BCUT2D eigenvalue weighted by molar-refractivity contribution is 6.42. The van der Waals surface area contributed by atoms with Crippen LogP contribution < -0.4 is 5.43 Å². The molecule has 170 valence electrons. The van der Waals surface area contributed by atoms with Crippen LogP contribution in [0.5, 0.6) is 0 Å². The number of aromatic nitrogens is 4. The van der Waals surface area contributed by atoms with Crippen molar-refractivity contribution in [2.24, 2.45) is 0 Å². The second-order valence-electron chi connectivity index (χ2n) is 6.58. The van der Waals surface area contributed by atoms with E-state index in [1.807, 2.05) is 0 Å². The summed E-state index contributed by atoms with van der Waals surface area (Å²) in [4.78, 5) is 28.8. The Kier molecular flexibility index (Phi) is 6.94. The maximum atomic E-state index is 12.9. The van der Waals surface area contributed by atoms with Crippen LogP contribution in [0.4, 0.5) is 13.2 Å². The average molecular weight is 489 g/mol. The van der Waals surface area contributed by atoms with Crippen molar-refractivity contribution in [2.75, 3.05) is 6.61 Å². The third-order valence-electron chi connectivity index (χ3n) is 4.50. The second kappa shape index (κ2) is 9.33. The minimum absolute atomic E-state index is 0.0478. The summed E-state index contributed by atoms with van der Waals surface area (Å²) in [6.07, 6.45) is -3.78. The largest absolute Gasteiger partial charge is 0.462 e. The highest BCUT2D eigenvalue weighted by atomic mass is 35.5. The van der Waals surface area contributed by atoms with Gasteiger partial charge in [0.25, 0.3) is 5.82 Å². The van der Waals surface area contributed by atoms with E-state index < -0.39 is 23.4 Å². The van der Waals surface area contributed by atoms with Crippen molar-refractivity contribution in [2.45, 2.75) is 33.1 Å². The van der Waals surface area contributed by atoms with Crippen LogP contribution in [-0.2, 0) is 24.0 Å². The predicted octanol–water partition coefficient (Wildman–Crippen LogP) is 4.68. The first-order chi connectivity index (χ1) is 15.1. The SMILES string of the molecule is CCOC(=O)c1c(-c2ccc(Cl)c(Cl)c2)n(CC)c(Cn2cnc(C(F)(F)F)n2)cc1=O. The summed E-state index contributed by atoms with van der Waals surface area (Å²) in [6, 6.07) is 5.76. The van der Waals surface area contributed by atoms with Crippen molar-refractivity contribution >= 4 is 29.2 Å². The molecule has 0 fully saturated rings. The molecule has 0 bridgehead atoms. The molecule has 12 heteroatoms. The summed E-state index contributed by atoms with van der Waals surface area (Å²) in [5.74, 6) is -2.12. The number of halogens is 5. The van der Waals surface area contributed by atoms with Gasteiger partial charge in [-0.3, -0.25) is 4.79 Å². The summed E-state index contributed by atoms with van der Waals surface area (Å²) < 4.78 is 46.2. The van der Waals surface area contributed by atoms with E-state index in [9.17, 15) is 22.8 Å². The van der Waals surface area contributed by atoms with Crippen LogP contribution in [0.25, 0.3) is 11.3 Å². The van der Waals surface area contributed by atoms with Crippen molar-refractivity contribution in [3.05, 3.63) is 67.9 Å². The third-order valence-corrected chi connectivity index (χ3v) is 5.24. The Morgan fingerprint density at radius 1 is 1.16 bits per heavy atom. The van der Waals surface area contributed by atoms with E-state index in [0.717, 1.165) is 11.0 Å². The molecule has 3 aromatic rings. The van der Waals surface area contributed by atoms with Gasteiger partial charge in [0.15, 0.2) is 5.43 Å². The number of carbonyl (C=O) groups excluding carboxylic acids is 1. The molecule has 1 aromatic carbocycles. The standard InChI is InChI=1S/C20H17Cl2F3N4O3/c1-3-29-12(9-28-10-26-19(27-28)20(23,24)25)8-15(30)16(18(31)32-4-2)17(29)11-5-6-13(21)14(22)7-11/h5-8,10H,3-4,9H2,1-2H3. The number of alkyl halides is 3. The zero-order valence-corrected chi connectivity index (χ0v) is 18.4. The quantitative estimate of drug-likeness (QED) is 0.470. The summed E-state index contributed by atoms with van der Waals surface area (Å²) in [5, 5.41) is 3.91. The maximum absolute atomic E-state index is 12.9. The van der Waals surface area contributed by atoms with E-state index in [4.69, 9.17) is 27.9 Å². The fraction of sp³-hybridized carbons (Fsp3) is 0.300. The summed E-state index contributed by atoms with van der Waals surface area (Å²) >= 11 is 12.1. The van der Waals surface area contributed by atoms with E-state index in [0.29, 0.717) is 11.3 Å². The number of hydrogen-bond donors (Lipinski definition) is 0. The maximum Gasteiger partial charge on any atom is 0.453 e. The number of carbonyl (C=O) groups is 1. The molecule has 7 nitrogen and oxygen atoms in total. The average Bonchev–Trinajstić information content (AvgIpc) is 3.19. The second-order valence-corrected chi connectivity index (χ2v) is 7.40. The Morgan fingerprint density at radius 2 is 1.88 bits per heavy atom. The smallest absolute Gasteiger partial charge is 0.453 e. The summed E-state index contributed by atoms with van der Waals surface area (Å²) in [7, 11) is 0. The molecular formula is C20H17Cl2F3N4O3. The first-order valence-electron chi connectivity index (χ1n) is 9.42. The zero-order valence-electron chi connectivity index (χ0n) is 16.9. The van der Waals surface area contributed by atoms with Crippen LogP contribution in [-0.4, -0.2) is 31.9 Å². The molecular weight excluding hydrogens is 472 g/mol. The first kappa shape index (κ1) is 23.8. The van der Waals surface area contributed by atoms with E-state index in [2.05, 4.69) is 10.1 Å². The number of pyridine rings is 1. The van der Waals surface area contributed by atoms with Gasteiger partial charge in [0.1, 0.15) is 11.9 Å². The molecule has 3 rings (SSSR count). The van der Waals surface area contributed by atoms with Gasteiger partial charge in [-0.1, -0.05) is 29.3 Å². The van der Waals surface area contributed by atoms with Crippen LogP contribution in [0.3, 0.4) is 0 Å². The Balaban J connectivity index is 2.23. The number of ether oxygens (including phenoxy) is 1. The van der Waals surface area contributed by atoms with Gasteiger partial charge < -0.3 is 9.30 Å². The number of benzene rings is 1. The van der Waals surface area contributed by atoms with Crippen molar-refractivity contribution in [1.82, 2.24) is 19.3 Å². The molecule has 0 radical (unpaired) electrons. The highest BCUT2D eigenvalue weighted by Crippen LogP contribution is 2.31. The molecule has 0 atom stereocenters. The van der Waals surface area contributed by atoms with Crippen molar-refractivity contribution in [3.63, 3.8) is 0 Å². The fourth-order valence-electron chi connectivity index (χ4n) is 3.20. The van der Waals surface area contributed by atoms with E-state index in [1.165, 1.54) is 18.2 Å². The van der Waals surface area contributed by atoms with Crippen molar-refractivity contribution in [3.8, 4) is 11.3 Å². The Labute approximate surface area is 190 Å². The van der Waals surface area contributed by atoms with Gasteiger partial charge in [-0.05, 0) is 26.0 Å². The lowest BCUT2D eigenvalue weighted by Crippen LogP contribution is -2.26. The highest BCUT2D eigenvalue weighted by Gasteiger charge is 2.36. The molecule has 0 N–H and O–H groups in total. The molecule has 0 spiro atoms. The lowest BCUT2D eigenvalue weighted by atomic mass is 10.0. The lowest BCUT2D eigenvalue weighted by Gasteiger charge is -2.20. The summed E-state index contributed by atoms with van der Waals surface area (Å²) in [6.45, 7) is 3.49. The lowest BCUT2D eigenvalue weighted by molar-refractivity contribution is -0.145. The molecule has 0 saturated carbocycles. The van der Waals surface area contributed by atoms with Crippen molar-refractivity contribution < 1.29 is 22.7 Å². The van der Waals surface area contributed by atoms with Crippen LogP contribution in [0.15, 0.2) is 35.4 Å². The van der Waals surface area contributed by atoms with Gasteiger partial charge in [0, 0.05) is 23.9 Å². The molecule has 2 aromatic heterocycles.